The van der Waals surface area contributed by atoms with Gasteiger partial charge in [0.05, 0.1) is 10.5 Å². The summed E-state index contributed by atoms with van der Waals surface area (Å²) in [6.45, 7) is 0. The van der Waals surface area contributed by atoms with Crippen LogP contribution in [0.5, 0.6) is 11.5 Å². The van der Waals surface area contributed by atoms with Gasteiger partial charge in [-0.1, -0.05) is 24.3 Å². The minimum absolute atomic E-state index is 0.0413. The number of hydrogen-bond donors (Lipinski definition) is 2. The van der Waals surface area contributed by atoms with Gasteiger partial charge in [0.2, 0.25) is 0 Å². The third-order valence-electron chi connectivity index (χ3n) is 3.90. The maximum atomic E-state index is 12.8. The number of alkyl halides is 3. The number of carbonyl (C=O) groups is 1. The molecule has 0 aromatic heterocycles. The molecule has 0 fully saturated rings. The first-order chi connectivity index (χ1) is 14.2. The molecule has 10 heteroatoms. The second-order valence-electron chi connectivity index (χ2n) is 6.01. The summed E-state index contributed by atoms with van der Waals surface area (Å²) in [6, 6.07) is 15.8. The van der Waals surface area contributed by atoms with Crippen molar-refractivity contribution in [3.8, 4) is 11.5 Å². The van der Waals surface area contributed by atoms with E-state index in [0.717, 1.165) is 12.1 Å². The van der Waals surface area contributed by atoms with E-state index in [1.54, 1.807) is 6.07 Å². The average molecular weight is 417 g/mol. The van der Waals surface area contributed by atoms with Gasteiger partial charge in [-0.25, -0.2) is 0 Å². The lowest BCUT2D eigenvalue weighted by Gasteiger charge is -2.11. The lowest BCUT2D eigenvalue weighted by Crippen LogP contribution is -2.29. The van der Waals surface area contributed by atoms with E-state index in [1.165, 1.54) is 54.6 Å². The van der Waals surface area contributed by atoms with Crippen LogP contribution in [-0.2, 0) is 6.18 Å². The van der Waals surface area contributed by atoms with Crippen LogP contribution >= 0.6 is 0 Å². The molecule has 0 spiro atoms. The first kappa shape index (κ1) is 20.6. The molecule has 0 saturated heterocycles. The molecule has 0 radical (unpaired) electrons. The number of hydrazine groups is 1. The molecule has 0 unspecified atom stereocenters. The highest BCUT2D eigenvalue weighted by Crippen LogP contribution is 2.32. The number of amides is 1. The Bertz CT molecular complexity index is 1090. The van der Waals surface area contributed by atoms with Crippen LogP contribution in [0.25, 0.3) is 0 Å². The number of para-hydroxylation sites is 2. The van der Waals surface area contributed by atoms with Gasteiger partial charge in [0.15, 0.2) is 0 Å². The molecule has 2 N–H and O–H groups in total. The number of nitro groups is 1. The van der Waals surface area contributed by atoms with E-state index in [1.807, 2.05) is 0 Å². The summed E-state index contributed by atoms with van der Waals surface area (Å²) in [7, 11) is 0. The third kappa shape index (κ3) is 5.04. The summed E-state index contributed by atoms with van der Waals surface area (Å²) < 4.78 is 43.9. The molecule has 0 saturated carbocycles. The van der Waals surface area contributed by atoms with Gasteiger partial charge in [0.25, 0.3) is 11.6 Å². The van der Waals surface area contributed by atoms with Crippen LogP contribution in [0.4, 0.5) is 24.5 Å². The summed E-state index contributed by atoms with van der Waals surface area (Å²) >= 11 is 0. The summed E-state index contributed by atoms with van der Waals surface area (Å²) in [4.78, 5) is 22.7. The smallest absolute Gasteiger partial charge is 0.416 e. The molecule has 154 valence electrons. The van der Waals surface area contributed by atoms with Gasteiger partial charge in [-0.3, -0.25) is 25.8 Å². The number of nitrogens with one attached hydrogen (secondary N) is 2. The molecule has 0 atom stereocenters. The highest BCUT2D eigenvalue weighted by Gasteiger charge is 2.30. The molecular weight excluding hydrogens is 403 g/mol. The van der Waals surface area contributed by atoms with Gasteiger partial charge in [-0.15, -0.1) is 0 Å². The summed E-state index contributed by atoms with van der Waals surface area (Å²) in [5.41, 5.74) is 3.95. The number of carbonyl (C=O) groups excluding carboxylic acids is 1. The number of hydrogen-bond acceptors (Lipinski definition) is 5. The van der Waals surface area contributed by atoms with Crippen LogP contribution in [-0.4, -0.2) is 10.8 Å². The number of nitrogens with zero attached hydrogens (tertiary/aromatic N) is 1. The summed E-state index contributed by atoms with van der Waals surface area (Å²) in [5.74, 6) is -0.518. The van der Waals surface area contributed by atoms with E-state index >= 15 is 0 Å². The number of ether oxygens (including phenoxy) is 1. The predicted molar refractivity (Wildman–Crippen MR) is 102 cm³/mol. The maximum absolute atomic E-state index is 12.8. The highest BCUT2D eigenvalue weighted by molar-refractivity contribution is 5.95. The summed E-state index contributed by atoms with van der Waals surface area (Å²) in [6.07, 6.45) is -4.51. The second kappa shape index (κ2) is 8.52. The lowest BCUT2D eigenvalue weighted by atomic mass is 10.2. The SMILES string of the molecule is O=C(NNc1ccccc1[N+](=O)[O-])c1cccc(Oc2cccc(C(F)(F)F)c2)c1. The Labute approximate surface area is 168 Å². The Balaban J connectivity index is 1.71. The van der Waals surface area contributed by atoms with Gasteiger partial charge in [-0.2, -0.15) is 13.2 Å². The van der Waals surface area contributed by atoms with Crippen molar-refractivity contribution in [2.75, 3.05) is 5.43 Å². The van der Waals surface area contributed by atoms with Crippen molar-refractivity contribution in [3.63, 3.8) is 0 Å². The van der Waals surface area contributed by atoms with Crippen molar-refractivity contribution in [3.05, 3.63) is 94.0 Å². The maximum Gasteiger partial charge on any atom is 0.416 e. The minimum Gasteiger partial charge on any atom is -0.457 e. The van der Waals surface area contributed by atoms with Crippen molar-refractivity contribution >= 4 is 17.3 Å². The van der Waals surface area contributed by atoms with Crippen LogP contribution in [0.3, 0.4) is 0 Å². The number of anilines is 1. The molecule has 0 heterocycles. The molecule has 30 heavy (non-hydrogen) atoms. The fraction of sp³-hybridized carbons (Fsp3) is 0.0500. The zero-order chi connectivity index (χ0) is 21.7. The fourth-order valence-electron chi connectivity index (χ4n) is 2.51. The minimum atomic E-state index is -4.51. The van der Waals surface area contributed by atoms with Crippen LogP contribution in [0.2, 0.25) is 0 Å². The van der Waals surface area contributed by atoms with Crippen molar-refractivity contribution in [2.45, 2.75) is 6.18 Å². The molecule has 3 rings (SSSR count). The molecular formula is C20H14F3N3O4. The van der Waals surface area contributed by atoms with E-state index in [0.29, 0.717) is 0 Å². The average Bonchev–Trinajstić information content (AvgIpc) is 2.72. The topological polar surface area (TPSA) is 93.5 Å². The molecule has 3 aromatic rings. The normalized spacial score (nSPS) is 10.9. The molecule has 0 aliphatic carbocycles. The zero-order valence-corrected chi connectivity index (χ0v) is 15.1. The Morgan fingerprint density at radius 3 is 2.30 bits per heavy atom. The summed E-state index contributed by atoms with van der Waals surface area (Å²) in [5, 5.41) is 11.0. The number of halogens is 3. The quantitative estimate of drug-likeness (QED) is 0.427. The molecule has 1 amide bonds. The van der Waals surface area contributed by atoms with Gasteiger partial charge in [0, 0.05) is 11.6 Å². The van der Waals surface area contributed by atoms with Crippen molar-refractivity contribution < 1.29 is 27.6 Å². The lowest BCUT2D eigenvalue weighted by molar-refractivity contribution is -0.384. The van der Waals surface area contributed by atoms with E-state index < -0.39 is 22.6 Å². The second-order valence-corrected chi connectivity index (χ2v) is 6.01. The molecule has 0 bridgehead atoms. The molecule has 3 aromatic carbocycles. The van der Waals surface area contributed by atoms with Crippen molar-refractivity contribution in [2.24, 2.45) is 0 Å². The number of nitro benzene ring substituents is 1. The molecule has 0 aliphatic rings. The first-order valence-electron chi connectivity index (χ1n) is 8.49. The van der Waals surface area contributed by atoms with E-state index in [9.17, 15) is 28.1 Å². The molecule has 0 aliphatic heterocycles. The van der Waals surface area contributed by atoms with Gasteiger partial charge in [0.1, 0.15) is 17.2 Å². The number of rotatable bonds is 6. The van der Waals surface area contributed by atoms with Gasteiger partial charge in [-0.05, 0) is 42.5 Å². The van der Waals surface area contributed by atoms with E-state index in [-0.39, 0.29) is 28.4 Å². The zero-order valence-electron chi connectivity index (χ0n) is 15.1. The number of benzene rings is 3. The Kier molecular flexibility index (Phi) is 5.86. The van der Waals surface area contributed by atoms with Crippen molar-refractivity contribution in [1.29, 1.82) is 0 Å². The molecule has 7 nitrogen and oxygen atoms in total. The van der Waals surface area contributed by atoms with Gasteiger partial charge >= 0.3 is 6.18 Å². The van der Waals surface area contributed by atoms with Crippen LogP contribution < -0.4 is 15.6 Å². The van der Waals surface area contributed by atoms with Crippen molar-refractivity contribution in [1.82, 2.24) is 5.43 Å². The third-order valence-corrected chi connectivity index (χ3v) is 3.90. The largest absolute Gasteiger partial charge is 0.457 e. The fourth-order valence-corrected chi connectivity index (χ4v) is 2.51. The standard InChI is InChI=1S/C20H14F3N3O4/c21-20(22,23)14-6-4-8-16(12-14)30-15-7-3-5-13(11-15)19(27)25-24-17-9-1-2-10-18(17)26(28)29/h1-12,24H,(H,25,27). The van der Waals surface area contributed by atoms with Crippen LogP contribution in [0.1, 0.15) is 15.9 Å². The monoisotopic (exact) mass is 417 g/mol. The van der Waals surface area contributed by atoms with Crippen LogP contribution in [0, 0.1) is 10.1 Å². The Morgan fingerprint density at radius 1 is 0.933 bits per heavy atom. The highest BCUT2D eigenvalue weighted by atomic mass is 19.4. The Hall–Kier alpha value is -4.08. The van der Waals surface area contributed by atoms with E-state index in [2.05, 4.69) is 10.9 Å². The van der Waals surface area contributed by atoms with Crippen LogP contribution in [0.15, 0.2) is 72.8 Å². The Morgan fingerprint density at radius 2 is 1.60 bits per heavy atom. The van der Waals surface area contributed by atoms with E-state index in [4.69, 9.17) is 4.74 Å². The first-order valence-corrected chi connectivity index (χ1v) is 8.49. The predicted octanol–water partition coefficient (Wildman–Crippen LogP) is 5.16. The van der Waals surface area contributed by atoms with Gasteiger partial charge < -0.3 is 4.74 Å².